The normalized spacial score (nSPS) is 13.0. The maximum atomic E-state index is 12.7. The van der Waals surface area contributed by atoms with Crippen LogP contribution in [0.5, 0.6) is 17.2 Å². The second-order valence-electron chi connectivity index (χ2n) is 5.60. The summed E-state index contributed by atoms with van der Waals surface area (Å²) in [7, 11) is 1.61. The molecule has 2 aromatic carbocycles. The maximum Gasteiger partial charge on any atom is 0.387 e. The van der Waals surface area contributed by atoms with E-state index in [-0.39, 0.29) is 19.1 Å². The molecule has 0 aliphatic carbocycles. The SMILES string of the molecule is CN=C(NCc1cccc(Cl)c1)NCc1cc2c(cc1OC(F)F)OCO2. The van der Waals surface area contributed by atoms with Crippen LogP contribution in [0.2, 0.25) is 5.02 Å². The van der Waals surface area contributed by atoms with Crippen LogP contribution in [0.3, 0.4) is 0 Å². The Labute approximate surface area is 160 Å². The fraction of sp³-hybridized carbons (Fsp3) is 0.278. The number of rotatable bonds is 6. The van der Waals surface area contributed by atoms with E-state index in [1.54, 1.807) is 19.2 Å². The molecule has 0 radical (unpaired) electrons. The number of nitrogens with one attached hydrogen (secondary N) is 2. The number of nitrogens with zero attached hydrogens (tertiary/aromatic N) is 1. The molecule has 1 heterocycles. The molecular formula is C18H18ClF2N3O3. The zero-order chi connectivity index (χ0) is 19.2. The molecule has 0 aromatic heterocycles. The molecule has 0 amide bonds. The van der Waals surface area contributed by atoms with Crippen molar-refractivity contribution in [1.29, 1.82) is 0 Å². The van der Waals surface area contributed by atoms with E-state index in [0.29, 0.717) is 34.6 Å². The summed E-state index contributed by atoms with van der Waals surface area (Å²) in [5.41, 5.74) is 1.47. The molecule has 6 nitrogen and oxygen atoms in total. The van der Waals surface area contributed by atoms with Gasteiger partial charge in [0, 0.05) is 36.8 Å². The summed E-state index contributed by atoms with van der Waals surface area (Å²) >= 11 is 5.97. The first-order chi connectivity index (χ1) is 13.0. The third kappa shape index (κ3) is 5.13. The third-order valence-corrected chi connectivity index (χ3v) is 4.03. The van der Waals surface area contributed by atoms with Gasteiger partial charge >= 0.3 is 6.61 Å². The molecule has 0 spiro atoms. The minimum Gasteiger partial charge on any atom is -0.454 e. The van der Waals surface area contributed by atoms with Crippen LogP contribution in [0.1, 0.15) is 11.1 Å². The number of alkyl halides is 2. The van der Waals surface area contributed by atoms with Gasteiger partial charge in [0.25, 0.3) is 0 Å². The second-order valence-corrected chi connectivity index (χ2v) is 6.04. The predicted molar refractivity (Wildman–Crippen MR) is 97.7 cm³/mol. The molecule has 1 aliphatic rings. The molecule has 144 valence electrons. The first-order valence-electron chi connectivity index (χ1n) is 8.11. The lowest BCUT2D eigenvalue weighted by molar-refractivity contribution is -0.0505. The van der Waals surface area contributed by atoms with Gasteiger partial charge in [0.15, 0.2) is 17.5 Å². The number of benzene rings is 2. The number of hydrogen-bond acceptors (Lipinski definition) is 4. The molecular weight excluding hydrogens is 380 g/mol. The number of ether oxygens (including phenoxy) is 3. The molecule has 0 saturated carbocycles. The van der Waals surface area contributed by atoms with E-state index in [1.165, 1.54) is 6.07 Å². The molecule has 2 aromatic rings. The van der Waals surface area contributed by atoms with Crippen molar-refractivity contribution in [2.45, 2.75) is 19.7 Å². The summed E-state index contributed by atoms with van der Waals surface area (Å²) in [5, 5.41) is 6.84. The van der Waals surface area contributed by atoms with Gasteiger partial charge in [-0.2, -0.15) is 8.78 Å². The van der Waals surface area contributed by atoms with Gasteiger partial charge in [-0.1, -0.05) is 23.7 Å². The first-order valence-corrected chi connectivity index (χ1v) is 8.49. The highest BCUT2D eigenvalue weighted by atomic mass is 35.5. The third-order valence-electron chi connectivity index (χ3n) is 3.79. The summed E-state index contributed by atoms with van der Waals surface area (Å²) in [5.74, 6) is 1.37. The van der Waals surface area contributed by atoms with Crippen molar-refractivity contribution < 1.29 is 23.0 Å². The molecule has 0 bridgehead atoms. The van der Waals surface area contributed by atoms with Crippen LogP contribution < -0.4 is 24.8 Å². The van der Waals surface area contributed by atoms with Crippen molar-refractivity contribution in [2.24, 2.45) is 4.99 Å². The Kier molecular flexibility index (Phi) is 6.18. The van der Waals surface area contributed by atoms with Crippen LogP contribution in [0.25, 0.3) is 0 Å². The molecule has 2 N–H and O–H groups in total. The number of halogens is 3. The topological polar surface area (TPSA) is 64.1 Å². The standard InChI is InChI=1S/C18H18ClF2N3O3/c1-22-18(23-8-11-3-2-4-13(19)5-11)24-9-12-6-15-16(26-10-25-15)7-14(12)27-17(20)21/h2-7,17H,8-10H2,1H3,(H2,22,23,24). The van der Waals surface area contributed by atoms with E-state index < -0.39 is 6.61 Å². The van der Waals surface area contributed by atoms with Crippen molar-refractivity contribution in [3.8, 4) is 17.2 Å². The monoisotopic (exact) mass is 397 g/mol. The van der Waals surface area contributed by atoms with Gasteiger partial charge < -0.3 is 24.8 Å². The molecule has 1 aliphatic heterocycles. The van der Waals surface area contributed by atoms with E-state index in [4.69, 9.17) is 21.1 Å². The van der Waals surface area contributed by atoms with Gasteiger partial charge in [0.05, 0.1) is 0 Å². The summed E-state index contributed by atoms with van der Waals surface area (Å²) in [6.45, 7) is -2.19. The second kappa shape index (κ2) is 8.77. The Morgan fingerprint density at radius 1 is 1.19 bits per heavy atom. The number of hydrogen-bond donors (Lipinski definition) is 2. The highest BCUT2D eigenvalue weighted by molar-refractivity contribution is 6.30. The van der Waals surface area contributed by atoms with Gasteiger partial charge in [-0.15, -0.1) is 0 Å². The van der Waals surface area contributed by atoms with Gasteiger partial charge in [0.2, 0.25) is 6.79 Å². The summed E-state index contributed by atoms with van der Waals surface area (Å²) in [4.78, 5) is 4.12. The number of guanidine groups is 1. The fourth-order valence-electron chi connectivity index (χ4n) is 2.54. The van der Waals surface area contributed by atoms with Crippen LogP contribution in [0.15, 0.2) is 41.4 Å². The van der Waals surface area contributed by atoms with E-state index in [2.05, 4.69) is 20.4 Å². The van der Waals surface area contributed by atoms with Crippen molar-refractivity contribution in [1.82, 2.24) is 10.6 Å². The van der Waals surface area contributed by atoms with Gasteiger partial charge in [-0.3, -0.25) is 4.99 Å². The van der Waals surface area contributed by atoms with Gasteiger partial charge in [-0.25, -0.2) is 0 Å². The van der Waals surface area contributed by atoms with E-state index >= 15 is 0 Å². The minimum absolute atomic E-state index is 0.0204. The van der Waals surface area contributed by atoms with E-state index in [0.717, 1.165) is 5.56 Å². The van der Waals surface area contributed by atoms with E-state index in [1.807, 2.05) is 18.2 Å². The largest absolute Gasteiger partial charge is 0.454 e. The Morgan fingerprint density at radius 3 is 2.63 bits per heavy atom. The van der Waals surface area contributed by atoms with Crippen molar-refractivity contribution in [2.75, 3.05) is 13.8 Å². The molecule has 0 atom stereocenters. The molecule has 3 rings (SSSR count). The lowest BCUT2D eigenvalue weighted by atomic mass is 10.1. The van der Waals surface area contributed by atoms with Gasteiger partial charge in [0.1, 0.15) is 5.75 Å². The average Bonchev–Trinajstić information content (AvgIpc) is 3.08. The van der Waals surface area contributed by atoms with Crippen molar-refractivity contribution in [3.63, 3.8) is 0 Å². The molecule has 0 saturated heterocycles. The Bertz CT molecular complexity index is 833. The van der Waals surface area contributed by atoms with Crippen LogP contribution in [0, 0.1) is 0 Å². The van der Waals surface area contributed by atoms with Crippen LogP contribution in [0.4, 0.5) is 8.78 Å². The lowest BCUT2D eigenvalue weighted by Crippen LogP contribution is -2.36. The van der Waals surface area contributed by atoms with Crippen molar-refractivity contribution in [3.05, 3.63) is 52.5 Å². The number of aliphatic imine (C=N–C) groups is 1. The molecule has 9 heteroatoms. The smallest absolute Gasteiger partial charge is 0.387 e. The Balaban J connectivity index is 1.65. The van der Waals surface area contributed by atoms with Crippen molar-refractivity contribution >= 4 is 17.6 Å². The fourth-order valence-corrected chi connectivity index (χ4v) is 2.75. The molecule has 0 unspecified atom stereocenters. The number of fused-ring (bicyclic) bond motifs is 1. The average molecular weight is 398 g/mol. The van der Waals surface area contributed by atoms with Gasteiger partial charge in [-0.05, 0) is 23.8 Å². The highest BCUT2D eigenvalue weighted by Gasteiger charge is 2.20. The summed E-state index contributed by atoms with van der Waals surface area (Å²) in [6, 6.07) is 10.4. The highest BCUT2D eigenvalue weighted by Crippen LogP contribution is 2.38. The van der Waals surface area contributed by atoms with Crippen LogP contribution in [-0.4, -0.2) is 26.4 Å². The van der Waals surface area contributed by atoms with Crippen LogP contribution in [-0.2, 0) is 13.1 Å². The minimum atomic E-state index is -2.94. The Morgan fingerprint density at radius 2 is 1.93 bits per heavy atom. The molecule has 0 fully saturated rings. The summed E-state index contributed by atoms with van der Waals surface area (Å²) in [6.07, 6.45) is 0. The zero-order valence-electron chi connectivity index (χ0n) is 14.5. The molecule has 27 heavy (non-hydrogen) atoms. The maximum absolute atomic E-state index is 12.7. The Hall–Kier alpha value is -2.74. The lowest BCUT2D eigenvalue weighted by Gasteiger charge is -2.15. The summed E-state index contributed by atoms with van der Waals surface area (Å²) < 4.78 is 40.5. The zero-order valence-corrected chi connectivity index (χ0v) is 15.2. The predicted octanol–water partition coefficient (Wildman–Crippen LogP) is 3.54. The van der Waals surface area contributed by atoms with E-state index in [9.17, 15) is 8.78 Å². The van der Waals surface area contributed by atoms with Crippen LogP contribution >= 0.6 is 11.6 Å². The first kappa shape index (κ1) is 19.0. The quantitative estimate of drug-likeness (QED) is 0.576.